The third-order valence-electron chi connectivity index (χ3n) is 3.26. The van der Waals surface area contributed by atoms with Gasteiger partial charge in [-0.3, -0.25) is 4.90 Å². The molecular formula is C15H23Cl2NO. The monoisotopic (exact) mass is 303 g/mol. The van der Waals surface area contributed by atoms with E-state index in [-0.39, 0.29) is 5.75 Å². The van der Waals surface area contributed by atoms with Crippen molar-refractivity contribution in [3.05, 3.63) is 27.7 Å². The molecule has 0 aromatic heterocycles. The van der Waals surface area contributed by atoms with Crippen molar-refractivity contribution in [3.63, 3.8) is 0 Å². The van der Waals surface area contributed by atoms with Crippen molar-refractivity contribution in [2.45, 2.75) is 52.6 Å². The Balaban J connectivity index is 2.78. The molecule has 0 aliphatic rings. The minimum Gasteiger partial charge on any atom is -0.506 e. The highest BCUT2D eigenvalue weighted by Gasteiger charge is 2.14. The first-order chi connectivity index (χ1) is 8.95. The van der Waals surface area contributed by atoms with E-state index >= 15 is 0 Å². The SMILES string of the molecule is CCCCCN(Cc1cc(Cl)cc(Cl)c1O)C(C)C. The Labute approximate surface area is 126 Å². The molecule has 0 heterocycles. The lowest BCUT2D eigenvalue weighted by Gasteiger charge is -2.27. The van der Waals surface area contributed by atoms with Crippen LogP contribution in [0.15, 0.2) is 12.1 Å². The van der Waals surface area contributed by atoms with Crippen LogP contribution in [-0.4, -0.2) is 22.6 Å². The molecule has 0 bridgehead atoms. The summed E-state index contributed by atoms with van der Waals surface area (Å²) in [5, 5.41) is 10.9. The molecule has 4 heteroatoms. The van der Waals surface area contributed by atoms with Gasteiger partial charge in [-0.05, 0) is 38.9 Å². The van der Waals surface area contributed by atoms with Crippen LogP contribution in [0.1, 0.15) is 45.6 Å². The van der Waals surface area contributed by atoms with Crippen LogP contribution in [0.25, 0.3) is 0 Å². The summed E-state index contributed by atoms with van der Waals surface area (Å²) in [7, 11) is 0. The number of hydrogen-bond acceptors (Lipinski definition) is 2. The fourth-order valence-electron chi connectivity index (χ4n) is 2.04. The highest BCUT2D eigenvalue weighted by Crippen LogP contribution is 2.32. The minimum absolute atomic E-state index is 0.146. The maximum Gasteiger partial charge on any atom is 0.138 e. The second-order valence-electron chi connectivity index (χ2n) is 5.17. The van der Waals surface area contributed by atoms with Gasteiger partial charge in [-0.1, -0.05) is 43.0 Å². The molecule has 0 fully saturated rings. The second kappa shape index (κ2) is 7.98. The van der Waals surface area contributed by atoms with Gasteiger partial charge in [-0.15, -0.1) is 0 Å². The zero-order valence-corrected chi connectivity index (χ0v) is 13.4. The van der Waals surface area contributed by atoms with Crippen LogP contribution < -0.4 is 0 Å². The fourth-order valence-corrected chi connectivity index (χ4v) is 2.58. The van der Waals surface area contributed by atoms with Gasteiger partial charge in [0, 0.05) is 23.2 Å². The van der Waals surface area contributed by atoms with E-state index in [1.54, 1.807) is 12.1 Å². The number of hydrogen-bond donors (Lipinski definition) is 1. The van der Waals surface area contributed by atoms with E-state index in [1.807, 2.05) is 0 Å². The van der Waals surface area contributed by atoms with E-state index in [0.29, 0.717) is 22.6 Å². The zero-order chi connectivity index (χ0) is 14.4. The van der Waals surface area contributed by atoms with Gasteiger partial charge >= 0.3 is 0 Å². The minimum atomic E-state index is 0.146. The van der Waals surface area contributed by atoms with Gasteiger partial charge in [-0.25, -0.2) is 0 Å². The lowest BCUT2D eigenvalue weighted by molar-refractivity contribution is 0.206. The molecule has 0 aliphatic heterocycles. The van der Waals surface area contributed by atoms with E-state index in [0.717, 1.165) is 12.1 Å². The highest BCUT2D eigenvalue weighted by atomic mass is 35.5. The van der Waals surface area contributed by atoms with Crippen LogP contribution in [-0.2, 0) is 6.54 Å². The largest absolute Gasteiger partial charge is 0.506 e. The Morgan fingerprint density at radius 3 is 2.47 bits per heavy atom. The van der Waals surface area contributed by atoms with E-state index in [2.05, 4.69) is 25.7 Å². The van der Waals surface area contributed by atoms with Gasteiger partial charge in [0.15, 0.2) is 0 Å². The maximum absolute atomic E-state index is 10.0. The topological polar surface area (TPSA) is 23.5 Å². The summed E-state index contributed by atoms with van der Waals surface area (Å²) in [6, 6.07) is 3.78. The molecular weight excluding hydrogens is 281 g/mol. The van der Waals surface area contributed by atoms with Crippen molar-refractivity contribution in [2.24, 2.45) is 0 Å². The molecule has 1 aromatic carbocycles. The molecule has 0 radical (unpaired) electrons. The number of nitrogens with zero attached hydrogens (tertiary/aromatic N) is 1. The molecule has 0 spiro atoms. The number of halogens is 2. The third-order valence-corrected chi connectivity index (χ3v) is 3.77. The molecule has 0 atom stereocenters. The normalized spacial score (nSPS) is 11.5. The highest BCUT2D eigenvalue weighted by molar-refractivity contribution is 6.35. The van der Waals surface area contributed by atoms with Gasteiger partial charge in [0.2, 0.25) is 0 Å². The molecule has 19 heavy (non-hydrogen) atoms. The van der Waals surface area contributed by atoms with Crippen molar-refractivity contribution in [1.82, 2.24) is 4.90 Å². The summed E-state index contributed by atoms with van der Waals surface area (Å²) in [5.74, 6) is 0.146. The average Bonchev–Trinajstić information content (AvgIpc) is 2.33. The van der Waals surface area contributed by atoms with Crippen molar-refractivity contribution in [2.75, 3.05) is 6.54 Å². The molecule has 2 nitrogen and oxygen atoms in total. The van der Waals surface area contributed by atoms with Crippen LogP contribution in [0.2, 0.25) is 10.0 Å². The first kappa shape index (κ1) is 16.6. The molecule has 0 unspecified atom stereocenters. The standard InChI is InChI=1S/C15H23Cl2NO/c1-4-5-6-7-18(11(2)3)10-12-8-13(16)9-14(17)15(12)19/h8-9,11,19H,4-7,10H2,1-3H3. The average molecular weight is 304 g/mol. The Morgan fingerprint density at radius 1 is 1.21 bits per heavy atom. The molecule has 1 rings (SSSR count). The van der Waals surface area contributed by atoms with Crippen molar-refractivity contribution < 1.29 is 5.11 Å². The Morgan fingerprint density at radius 2 is 1.89 bits per heavy atom. The first-order valence-corrected chi connectivity index (χ1v) is 7.62. The maximum atomic E-state index is 10.0. The van der Waals surface area contributed by atoms with E-state index < -0.39 is 0 Å². The zero-order valence-electron chi connectivity index (χ0n) is 11.9. The van der Waals surface area contributed by atoms with Gasteiger partial charge < -0.3 is 5.11 Å². The number of rotatable bonds is 7. The molecule has 0 saturated heterocycles. The Bertz CT molecular complexity index is 407. The van der Waals surface area contributed by atoms with E-state index in [4.69, 9.17) is 23.2 Å². The summed E-state index contributed by atoms with van der Waals surface area (Å²) < 4.78 is 0. The molecule has 1 aromatic rings. The van der Waals surface area contributed by atoms with Gasteiger partial charge in [0.25, 0.3) is 0 Å². The molecule has 0 saturated carbocycles. The van der Waals surface area contributed by atoms with E-state index in [9.17, 15) is 5.11 Å². The predicted molar refractivity (Wildman–Crippen MR) is 83.2 cm³/mol. The van der Waals surface area contributed by atoms with Gasteiger partial charge in [0.1, 0.15) is 5.75 Å². The number of benzene rings is 1. The number of aromatic hydroxyl groups is 1. The van der Waals surface area contributed by atoms with Crippen LogP contribution in [0, 0.1) is 0 Å². The summed E-state index contributed by atoms with van der Waals surface area (Å²) in [6.07, 6.45) is 3.61. The van der Waals surface area contributed by atoms with Crippen molar-refractivity contribution in [1.29, 1.82) is 0 Å². The number of unbranched alkanes of at least 4 members (excludes halogenated alkanes) is 2. The van der Waals surface area contributed by atoms with Crippen molar-refractivity contribution >= 4 is 23.2 Å². The molecule has 1 N–H and O–H groups in total. The van der Waals surface area contributed by atoms with Crippen LogP contribution >= 0.6 is 23.2 Å². The van der Waals surface area contributed by atoms with Gasteiger partial charge in [0.05, 0.1) is 5.02 Å². The summed E-state index contributed by atoms with van der Waals surface area (Å²) in [6.45, 7) is 8.22. The van der Waals surface area contributed by atoms with Gasteiger partial charge in [-0.2, -0.15) is 0 Å². The predicted octanol–water partition coefficient (Wildman–Crippen LogP) is 5.10. The van der Waals surface area contributed by atoms with Crippen LogP contribution in [0.3, 0.4) is 0 Å². The second-order valence-corrected chi connectivity index (χ2v) is 6.01. The molecule has 108 valence electrons. The smallest absolute Gasteiger partial charge is 0.138 e. The Hall–Kier alpha value is -0.440. The Kier molecular flexibility index (Phi) is 6.98. The quantitative estimate of drug-likeness (QED) is 0.708. The number of phenolic OH excluding ortho intramolecular Hbond substituents is 1. The molecule has 0 aliphatic carbocycles. The summed E-state index contributed by atoms with van der Waals surface area (Å²) >= 11 is 12.0. The third kappa shape index (κ3) is 5.21. The lowest BCUT2D eigenvalue weighted by Crippen LogP contribution is -2.31. The van der Waals surface area contributed by atoms with E-state index in [1.165, 1.54) is 19.3 Å². The van der Waals surface area contributed by atoms with Crippen LogP contribution in [0.4, 0.5) is 0 Å². The fraction of sp³-hybridized carbons (Fsp3) is 0.600. The lowest BCUT2D eigenvalue weighted by atomic mass is 10.1. The summed E-state index contributed by atoms with van der Waals surface area (Å²) in [5.41, 5.74) is 0.794. The number of phenols is 1. The first-order valence-electron chi connectivity index (χ1n) is 6.86. The summed E-state index contributed by atoms with van der Waals surface area (Å²) in [4.78, 5) is 2.33. The van der Waals surface area contributed by atoms with Crippen LogP contribution in [0.5, 0.6) is 5.75 Å². The molecule has 0 amide bonds. The van der Waals surface area contributed by atoms with Crippen molar-refractivity contribution in [3.8, 4) is 5.75 Å².